The monoisotopic (exact) mass is 355 g/mol. The van der Waals surface area contributed by atoms with Crippen LogP contribution >= 0.6 is 11.3 Å². The summed E-state index contributed by atoms with van der Waals surface area (Å²) in [6, 6.07) is 9.50. The summed E-state index contributed by atoms with van der Waals surface area (Å²) < 4.78 is 5.19. The number of nitrogens with zero attached hydrogens (tertiary/aromatic N) is 3. The molecule has 0 atom stereocenters. The number of thiazole rings is 1. The van der Waals surface area contributed by atoms with Gasteiger partial charge < -0.3 is 9.42 Å². The van der Waals surface area contributed by atoms with Crippen molar-refractivity contribution >= 4 is 17.2 Å². The van der Waals surface area contributed by atoms with Crippen molar-refractivity contribution in [3.63, 3.8) is 0 Å². The number of aromatic nitrogens is 2. The van der Waals surface area contributed by atoms with E-state index in [-0.39, 0.29) is 5.91 Å². The third-order valence-corrected chi connectivity index (χ3v) is 5.17. The van der Waals surface area contributed by atoms with Gasteiger partial charge in [0.25, 0.3) is 5.91 Å². The first kappa shape index (κ1) is 17.4. The average molecular weight is 355 g/mol. The number of benzene rings is 1. The number of aryl methyl sites for hydroxylation is 1. The van der Waals surface area contributed by atoms with Crippen LogP contribution in [-0.4, -0.2) is 28.0 Å². The third-order valence-electron chi connectivity index (χ3n) is 3.83. The van der Waals surface area contributed by atoms with Crippen molar-refractivity contribution in [2.45, 2.75) is 33.2 Å². The Bertz CT molecular complexity index is 882. The van der Waals surface area contributed by atoms with Crippen molar-refractivity contribution in [1.82, 2.24) is 15.0 Å². The van der Waals surface area contributed by atoms with Gasteiger partial charge in [-0.1, -0.05) is 31.1 Å². The van der Waals surface area contributed by atoms with Crippen LogP contribution in [0.15, 0.2) is 41.1 Å². The first-order valence-corrected chi connectivity index (χ1v) is 8.99. The molecule has 0 aliphatic rings. The molecule has 0 bridgehead atoms. The smallest absolute Gasteiger partial charge is 0.254 e. The molecule has 6 heteroatoms. The molecular formula is C19H21N3O2S. The number of carbonyl (C=O) groups is 1. The Hall–Kier alpha value is -2.47. The van der Waals surface area contributed by atoms with E-state index in [9.17, 15) is 4.79 Å². The predicted molar refractivity (Wildman–Crippen MR) is 98.7 cm³/mol. The van der Waals surface area contributed by atoms with Crippen LogP contribution in [0, 0.1) is 6.92 Å². The summed E-state index contributed by atoms with van der Waals surface area (Å²) in [6.45, 7) is 6.51. The fraction of sp³-hybridized carbons (Fsp3) is 0.316. The van der Waals surface area contributed by atoms with Gasteiger partial charge in [-0.05, 0) is 24.6 Å². The zero-order valence-corrected chi connectivity index (χ0v) is 15.6. The van der Waals surface area contributed by atoms with Gasteiger partial charge in [0.2, 0.25) is 0 Å². The molecule has 0 saturated heterocycles. The van der Waals surface area contributed by atoms with Crippen molar-refractivity contribution in [2.75, 3.05) is 7.05 Å². The van der Waals surface area contributed by atoms with Crippen LogP contribution in [0.25, 0.3) is 10.4 Å². The van der Waals surface area contributed by atoms with Crippen LogP contribution in [0.1, 0.15) is 46.6 Å². The Morgan fingerprint density at radius 1 is 1.32 bits per heavy atom. The summed E-state index contributed by atoms with van der Waals surface area (Å²) in [5.74, 6) is 1.03. The van der Waals surface area contributed by atoms with Gasteiger partial charge in [0.05, 0.1) is 22.1 Å². The lowest BCUT2D eigenvalue weighted by Crippen LogP contribution is -2.26. The number of carbonyl (C=O) groups excluding carboxylic acids is 1. The molecule has 0 saturated carbocycles. The summed E-state index contributed by atoms with van der Waals surface area (Å²) in [7, 11) is 1.76. The highest BCUT2D eigenvalue weighted by atomic mass is 32.1. The summed E-state index contributed by atoms with van der Waals surface area (Å²) in [5, 5.41) is 4.95. The SMILES string of the molecule is Cc1cc(CN(C)C(=O)c2cccc(-c3cnc(C(C)C)s3)c2)on1. The summed E-state index contributed by atoms with van der Waals surface area (Å²) in [5.41, 5.74) is 2.47. The van der Waals surface area contributed by atoms with E-state index in [4.69, 9.17) is 4.52 Å². The second-order valence-electron chi connectivity index (χ2n) is 6.39. The minimum absolute atomic E-state index is 0.0514. The zero-order valence-electron chi connectivity index (χ0n) is 14.8. The van der Waals surface area contributed by atoms with Gasteiger partial charge in [-0.3, -0.25) is 4.79 Å². The van der Waals surface area contributed by atoms with Crippen molar-refractivity contribution in [1.29, 1.82) is 0 Å². The van der Waals surface area contributed by atoms with Gasteiger partial charge in [0, 0.05) is 30.8 Å². The molecule has 2 heterocycles. The van der Waals surface area contributed by atoms with E-state index in [0.717, 1.165) is 21.1 Å². The van der Waals surface area contributed by atoms with E-state index < -0.39 is 0 Å². The van der Waals surface area contributed by atoms with Crippen LogP contribution in [0.3, 0.4) is 0 Å². The second kappa shape index (κ2) is 7.19. The maximum Gasteiger partial charge on any atom is 0.254 e. The van der Waals surface area contributed by atoms with E-state index in [1.807, 2.05) is 43.5 Å². The summed E-state index contributed by atoms with van der Waals surface area (Å²) in [4.78, 5) is 19.9. The number of hydrogen-bond donors (Lipinski definition) is 0. The lowest BCUT2D eigenvalue weighted by Gasteiger charge is -2.15. The number of hydrogen-bond acceptors (Lipinski definition) is 5. The molecule has 0 spiro atoms. The van der Waals surface area contributed by atoms with Gasteiger partial charge >= 0.3 is 0 Å². The fourth-order valence-electron chi connectivity index (χ4n) is 2.51. The standard InChI is InChI=1S/C19H21N3O2S/c1-12(2)18-20-10-17(25-18)14-6-5-7-15(9-14)19(23)22(4)11-16-8-13(3)21-24-16/h5-10,12H,11H2,1-4H3. The first-order valence-electron chi connectivity index (χ1n) is 8.18. The molecule has 0 radical (unpaired) electrons. The molecular weight excluding hydrogens is 334 g/mol. The number of rotatable bonds is 5. The molecule has 0 unspecified atom stereocenters. The molecule has 1 amide bonds. The predicted octanol–water partition coefficient (Wildman–Crippen LogP) is 4.50. The van der Waals surface area contributed by atoms with Gasteiger partial charge in [-0.15, -0.1) is 11.3 Å². The van der Waals surface area contributed by atoms with E-state index in [2.05, 4.69) is 24.0 Å². The molecule has 0 fully saturated rings. The Morgan fingerprint density at radius 2 is 2.12 bits per heavy atom. The van der Waals surface area contributed by atoms with Crippen LogP contribution in [0.2, 0.25) is 0 Å². The van der Waals surface area contributed by atoms with E-state index in [1.54, 1.807) is 23.3 Å². The highest BCUT2D eigenvalue weighted by Crippen LogP contribution is 2.30. The van der Waals surface area contributed by atoms with Crippen molar-refractivity contribution in [2.24, 2.45) is 0 Å². The van der Waals surface area contributed by atoms with Crippen LogP contribution < -0.4 is 0 Å². The largest absolute Gasteiger partial charge is 0.359 e. The maximum absolute atomic E-state index is 12.7. The van der Waals surface area contributed by atoms with Crippen molar-refractivity contribution in [3.8, 4) is 10.4 Å². The van der Waals surface area contributed by atoms with E-state index in [0.29, 0.717) is 23.8 Å². The van der Waals surface area contributed by atoms with E-state index >= 15 is 0 Å². The van der Waals surface area contributed by atoms with Gasteiger partial charge in [0.1, 0.15) is 0 Å². The highest BCUT2D eigenvalue weighted by molar-refractivity contribution is 7.15. The van der Waals surface area contributed by atoms with Crippen LogP contribution in [0.5, 0.6) is 0 Å². The van der Waals surface area contributed by atoms with E-state index in [1.165, 1.54) is 0 Å². The quantitative estimate of drug-likeness (QED) is 0.676. The summed E-state index contributed by atoms with van der Waals surface area (Å²) in [6.07, 6.45) is 1.88. The number of amides is 1. The van der Waals surface area contributed by atoms with Crippen molar-refractivity contribution in [3.05, 3.63) is 58.6 Å². The molecule has 0 N–H and O–H groups in total. The normalized spacial score (nSPS) is 11.1. The average Bonchev–Trinajstić information content (AvgIpc) is 3.23. The lowest BCUT2D eigenvalue weighted by molar-refractivity contribution is 0.0772. The van der Waals surface area contributed by atoms with Gasteiger partial charge in [-0.25, -0.2) is 4.98 Å². The van der Waals surface area contributed by atoms with Crippen LogP contribution in [-0.2, 0) is 6.54 Å². The fourth-order valence-corrected chi connectivity index (χ4v) is 3.43. The third kappa shape index (κ3) is 3.96. The van der Waals surface area contributed by atoms with Gasteiger partial charge in [-0.2, -0.15) is 0 Å². The van der Waals surface area contributed by atoms with Crippen molar-refractivity contribution < 1.29 is 9.32 Å². The Labute approximate surface area is 151 Å². The molecule has 25 heavy (non-hydrogen) atoms. The first-order chi connectivity index (χ1) is 11.9. The minimum atomic E-state index is -0.0514. The molecule has 2 aromatic heterocycles. The molecule has 3 aromatic rings. The molecule has 3 rings (SSSR count). The molecule has 0 aliphatic heterocycles. The molecule has 0 aliphatic carbocycles. The minimum Gasteiger partial charge on any atom is -0.359 e. The second-order valence-corrected chi connectivity index (χ2v) is 7.46. The molecule has 5 nitrogen and oxygen atoms in total. The Kier molecular flexibility index (Phi) is 4.99. The lowest BCUT2D eigenvalue weighted by atomic mass is 10.1. The maximum atomic E-state index is 12.7. The highest BCUT2D eigenvalue weighted by Gasteiger charge is 2.15. The van der Waals surface area contributed by atoms with Crippen LogP contribution in [0.4, 0.5) is 0 Å². The Balaban J connectivity index is 1.78. The topological polar surface area (TPSA) is 59.2 Å². The summed E-state index contributed by atoms with van der Waals surface area (Å²) >= 11 is 1.67. The molecule has 1 aromatic carbocycles. The van der Waals surface area contributed by atoms with Gasteiger partial charge in [0.15, 0.2) is 5.76 Å². The molecule has 130 valence electrons. The Morgan fingerprint density at radius 3 is 2.76 bits per heavy atom. The zero-order chi connectivity index (χ0) is 18.0.